The summed E-state index contributed by atoms with van der Waals surface area (Å²) in [6.45, 7) is 0. The molecule has 0 N–H and O–H groups in total. The molecule has 5 heteroatoms. The van der Waals surface area contributed by atoms with E-state index >= 15 is 0 Å². The monoisotopic (exact) mass is 728 g/mol. The van der Waals surface area contributed by atoms with Gasteiger partial charge in [-0.2, -0.15) is 0 Å². The van der Waals surface area contributed by atoms with E-state index in [0.717, 1.165) is 66.2 Å². The quantitative estimate of drug-likeness (QED) is 0.171. The van der Waals surface area contributed by atoms with Crippen LogP contribution in [0.15, 0.2) is 199 Å². The van der Waals surface area contributed by atoms with Gasteiger partial charge in [-0.05, 0) is 73.5 Å². The standard InChI is InChI=1S/C52H32N4O/c1-2-12-40(13-3-1)52-53-46-31-30-37-16-9-19-45(47(37)48(46)57-52)36-23-27-39(28-24-36)50-54-49(55-51(56-50)42-29-20-33-10-4-5-14-41(33)32-42)38-25-21-35(22-26-38)44-18-8-15-34-11-6-7-17-43(34)44/h1-32H. The molecule has 0 saturated carbocycles. The van der Waals surface area contributed by atoms with E-state index in [-0.39, 0.29) is 0 Å². The van der Waals surface area contributed by atoms with Gasteiger partial charge < -0.3 is 4.42 Å². The maximum atomic E-state index is 6.47. The largest absolute Gasteiger partial charge is 0.435 e. The van der Waals surface area contributed by atoms with Crippen LogP contribution in [0.25, 0.3) is 111 Å². The fraction of sp³-hybridized carbons (Fsp3) is 0. The van der Waals surface area contributed by atoms with Crippen molar-refractivity contribution in [1.29, 1.82) is 0 Å². The topological polar surface area (TPSA) is 64.7 Å². The van der Waals surface area contributed by atoms with Gasteiger partial charge in [-0.25, -0.2) is 19.9 Å². The van der Waals surface area contributed by atoms with Gasteiger partial charge >= 0.3 is 0 Å². The van der Waals surface area contributed by atoms with Crippen LogP contribution in [-0.2, 0) is 0 Å². The summed E-state index contributed by atoms with van der Waals surface area (Å²) in [5.41, 5.74) is 9.77. The van der Waals surface area contributed by atoms with Crippen LogP contribution in [0, 0.1) is 0 Å². The summed E-state index contributed by atoms with van der Waals surface area (Å²) in [5.74, 6) is 2.46. The van der Waals surface area contributed by atoms with Gasteiger partial charge in [0.15, 0.2) is 23.1 Å². The van der Waals surface area contributed by atoms with Crippen molar-refractivity contribution in [1.82, 2.24) is 19.9 Å². The number of hydrogen-bond acceptors (Lipinski definition) is 5. The van der Waals surface area contributed by atoms with Crippen molar-refractivity contribution in [3.63, 3.8) is 0 Å². The minimum absolute atomic E-state index is 0.607. The molecule has 11 aromatic rings. The highest BCUT2D eigenvalue weighted by molar-refractivity contribution is 6.11. The average Bonchev–Trinajstić information content (AvgIpc) is 3.74. The average molecular weight is 729 g/mol. The van der Waals surface area contributed by atoms with E-state index in [9.17, 15) is 0 Å². The molecule has 0 bridgehead atoms. The van der Waals surface area contributed by atoms with Crippen molar-refractivity contribution in [3.05, 3.63) is 194 Å². The molecule has 5 nitrogen and oxygen atoms in total. The molecule has 0 radical (unpaired) electrons. The first kappa shape index (κ1) is 32.7. The van der Waals surface area contributed by atoms with Gasteiger partial charge in [-0.1, -0.05) is 170 Å². The molecule has 0 atom stereocenters. The highest BCUT2D eigenvalue weighted by atomic mass is 16.3. The Morgan fingerprint density at radius 3 is 1.58 bits per heavy atom. The van der Waals surface area contributed by atoms with Crippen LogP contribution < -0.4 is 0 Å². The summed E-state index contributed by atoms with van der Waals surface area (Å²) < 4.78 is 6.47. The minimum atomic E-state index is 0.607. The van der Waals surface area contributed by atoms with Gasteiger partial charge in [0.2, 0.25) is 5.89 Å². The van der Waals surface area contributed by atoms with Crippen LogP contribution in [0.4, 0.5) is 0 Å². The molecule has 0 aliphatic carbocycles. The molecule has 2 heterocycles. The molecule has 2 aromatic heterocycles. The fourth-order valence-electron chi connectivity index (χ4n) is 7.87. The first-order chi connectivity index (χ1) is 28.2. The molecule has 0 amide bonds. The van der Waals surface area contributed by atoms with Gasteiger partial charge in [0, 0.05) is 27.6 Å². The summed E-state index contributed by atoms with van der Waals surface area (Å²) in [4.78, 5) is 20.1. The maximum absolute atomic E-state index is 6.47. The van der Waals surface area contributed by atoms with Gasteiger partial charge in [0.25, 0.3) is 0 Å². The third-order valence-corrected chi connectivity index (χ3v) is 10.8. The highest BCUT2D eigenvalue weighted by Gasteiger charge is 2.17. The van der Waals surface area contributed by atoms with E-state index in [1.165, 1.54) is 21.7 Å². The third kappa shape index (κ3) is 5.90. The zero-order valence-corrected chi connectivity index (χ0v) is 30.7. The Morgan fingerprint density at radius 2 is 0.842 bits per heavy atom. The summed E-state index contributed by atoms with van der Waals surface area (Å²) in [6, 6.07) is 67.2. The van der Waals surface area contributed by atoms with Crippen molar-refractivity contribution >= 4 is 43.4 Å². The van der Waals surface area contributed by atoms with Crippen LogP contribution >= 0.6 is 0 Å². The number of benzene rings is 9. The second-order valence-electron chi connectivity index (χ2n) is 14.3. The summed E-state index contributed by atoms with van der Waals surface area (Å²) in [5, 5.41) is 6.87. The van der Waals surface area contributed by atoms with Crippen LogP contribution in [-0.4, -0.2) is 19.9 Å². The van der Waals surface area contributed by atoms with Crippen LogP contribution in [0.2, 0.25) is 0 Å². The Labute approximate surface area is 328 Å². The number of rotatable bonds is 6. The van der Waals surface area contributed by atoms with Crippen molar-refractivity contribution in [2.75, 3.05) is 0 Å². The predicted octanol–water partition coefficient (Wildman–Crippen LogP) is 13.5. The highest BCUT2D eigenvalue weighted by Crippen LogP contribution is 2.38. The first-order valence-electron chi connectivity index (χ1n) is 19.0. The van der Waals surface area contributed by atoms with E-state index in [1.807, 2.05) is 36.4 Å². The normalized spacial score (nSPS) is 11.5. The summed E-state index contributed by atoms with van der Waals surface area (Å²) >= 11 is 0. The SMILES string of the molecule is c1ccc(-c2nc3ccc4cccc(-c5ccc(-c6nc(-c7ccc(-c8cccc9ccccc89)cc7)nc(-c7ccc8ccccc8c7)n6)cc5)c4c3o2)cc1. The van der Waals surface area contributed by atoms with Crippen LogP contribution in [0.1, 0.15) is 0 Å². The maximum Gasteiger partial charge on any atom is 0.227 e. The Kier molecular flexibility index (Phi) is 7.74. The second kappa shape index (κ2) is 13.5. The Balaban J connectivity index is 1.01. The molecule has 0 fully saturated rings. The zero-order valence-electron chi connectivity index (χ0n) is 30.7. The molecule has 0 unspecified atom stereocenters. The van der Waals surface area contributed by atoms with Gasteiger partial charge in [0.05, 0.1) is 0 Å². The number of fused-ring (bicyclic) bond motifs is 5. The van der Waals surface area contributed by atoms with Crippen LogP contribution in [0.3, 0.4) is 0 Å². The fourth-order valence-corrected chi connectivity index (χ4v) is 7.87. The molecule has 0 spiro atoms. The lowest BCUT2D eigenvalue weighted by molar-refractivity contribution is 0.623. The van der Waals surface area contributed by atoms with Crippen molar-refractivity contribution in [2.24, 2.45) is 0 Å². The first-order valence-corrected chi connectivity index (χ1v) is 19.0. The zero-order chi connectivity index (χ0) is 37.7. The molecular formula is C52H32N4O. The Morgan fingerprint density at radius 1 is 0.316 bits per heavy atom. The van der Waals surface area contributed by atoms with Crippen molar-refractivity contribution in [3.8, 4) is 67.9 Å². The predicted molar refractivity (Wildman–Crippen MR) is 233 cm³/mol. The number of aromatic nitrogens is 4. The third-order valence-electron chi connectivity index (χ3n) is 10.8. The van der Waals surface area contributed by atoms with Crippen molar-refractivity contribution in [2.45, 2.75) is 0 Å². The van der Waals surface area contributed by atoms with Gasteiger partial charge in [0.1, 0.15) is 5.52 Å². The molecule has 0 saturated heterocycles. The van der Waals surface area contributed by atoms with E-state index in [4.69, 9.17) is 24.4 Å². The molecular weight excluding hydrogens is 697 g/mol. The summed E-state index contributed by atoms with van der Waals surface area (Å²) in [6.07, 6.45) is 0. The van der Waals surface area contributed by atoms with E-state index in [1.54, 1.807) is 0 Å². The lowest BCUT2D eigenvalue weighted by atomic mass is 9.96. The lowest BCUT2D eigenvalue weighted by Gasteiger charge is -2.11. The van der Waals surface area contributed by atoms with Gasteiger partial charge in [-0.3, -0.25) is 0 Å². The van der Waals surface area contributed by atoms with Gasteiger partial charge in [-0.15, -0.1) is 0 Å². The Bertz CT molecular complexity index is 3270. The van der Waals surface area contributed by atoms with Crippen LogP contribution in [0.5, 0.6) is 0 Å². The van der Waals surface area contributed by atoms with E-state index in [2.05, 4.69) is 158 Å². The van der Waals surface area contributed by atoms with E-state index in [0.29, 0.717) is 23.4 Å². The summed E-state index contributed by atoms with van der Waals surface area (Å²) in [7, 11) is 0. The molecule has 0 aliphatic heterocycles. The van der Waals surface area contributed by atoms with E-state index < -0.39 is 0 Å². The molecule has 266 valence electrons. The van der Waals surface area contributed by atoms with Crippen molar-refractivity contribution < 1.29 is 4.42 Å². The number of nitrogens with zero attached hydrogens (tertiary/aromatic N) is 4. The number of oxazole rings is 1. The molecule has 11 rings (SSSR count). The molecule has 57 heavy (non-hydrogen) atoms. The number of hydrogen-bond donors (Lipinski definition) is 0. The molecule has 9 aromatic carbocycles. The Hall–Kier alpha value is -7.76. The lowest BCUT2D eigenvalue weighted by Crippen LogP contribution is -2.00. The molecule has 0 aliphatic rings. The minimum Gasteiger partial charge on any atom is -0.435 e. The smallest absolute Gasteiger partial charge is 0.227 e. The second-order valence-corrected chi connectivity index (χ2v) is 14.3.